The molecule has 1 aromatic heterocycles. The standard InChI is InChI=1S/C13H24N4O2S/c1-4-5-6-10-17(11(2)3)20(18,19)13-12(16-14)8-7-9-15-13/h7-9,11,16H,4-6,10,14H2,1-3H3. The number of nitrogen functional groups attached to an aromatic ring is 1. The first kappa shape index (κ1) is 16.9. The SMILES string of the molecule is CCCCCN(C(C)C)S(=O)(=O)c1ncccc1NN. The average molecular weight is 300 g/mol. The van der Waals surface area contributed by atoms with E-state index < -0.39 is 10.0 Å². The first-order valence-corrected chi connectivity index (χ1v) is 8.32. The molecule has 0 saturated carbocycles. The number of aromatic nitrogens is 1. The zero-order valence-corrected chi connectivity index (χ0v) is 13.2. The number of unbranched alkanes of at least 4 members (excludes halogenated alkanes) is 2. The smallest absolute Gasteiger partial charge is 0.262 e. The Kier molecular flexibility index (Phi) is 6.38. The van der Waals surface area contributed by atoms with Crippen LogP contribution in [0.2, 0.25) is 0 Å². The van der Waals surface area contributed by atoms with Gasteiger partial charge in [0, 0.05) is 18.8 Å². The Hall–Kier alpha value is -1.18. The van der Waals surface area contributed by atoms with Gasteiger partial charge in [0.2, 0.25) is 0 Å². The number of sulfonamides is 1. The lowest BCUT2D eigenvalue weighted by Crippen LogP contribution is -2.38. The summed E-state index contributed by atoms with van der Waals surface area (Å²) in [6, 6.07) is 3.12. The molecule has 0 amide bonds. The predicted molar refractivity (Wildman–Crippen MR) is 80.6 cm³/mol. The topological polar surface area (TPSA) is 88.3 Å². The minimum atomic E-state index is -3.64. The Morgan fingerprint density at radius 1 is 1.40 bits per heavy atom. The van der Waals surface area contributed by atoms with Crippen molar-refractivity contribution in [1.29, 1.82) is 0 Å². The van der Waals surface area contributed by atoms with Gasteiger partial charge in [-0.05, 0) is 32.4 Å². The summed E-state index contributed by atoms with van der Waals surface area (Å²) in [6.45, 7) is 6.31. The van der Waals surface area contributed by atoms with Crippen molar-refractivity contribution in [2.24, 2.45) is 5.84 Å². The van der Waals surface area contributed by atoms with E-state index in [4.69, 9.17) is 5.84 Å². The second kappa shape index (κ2) is 7.56. The van der Waals surface area contributed by atoms with E-state index >= 15 is 0 Å². The van der Waals surface area contributed by atoms with Gasteiger partial charge in [-0.3, -0.25) is 5.84 Å². The minimum absolute atomic E-state index is 0.0206. The molecular weight excluding hydrogens is 276 g/mol. The van der Waals surface area contributed by atoms with Crippen molar-refractivity contribution < 1.29 is 8.42 Å². The molecule has 0 atom stereocenters. The van der Waals surface area contributed by atoms with Crippen molar-refractivity contribution >= 4 is 15.7 Å². The van der Waals surface area contributed by atoms with Crippen LogP contribution < -0.4 is 11.3 Å². The molecule has 6 nitrogen and oxygen atoms in total. The number of anilines is 1. The summed E-state index contributed by atoms with van der Waals surface area (Å²) in [5.74, 6) is 5.37. The predicted octanol–water partition coefficient (Wildman–Crippen LogP) is 1.96. The molecule has 7 heteroatoms. The van der Waals surface area contributed by atoms with Gasteiger partial charge in [0.25, 0.3) is 10.0 Å². The van der Waals surface area contributed by atoms with E-state index in [2.05, 4.69) is 17.3 Å². The maximum absolute atomic E-state index is 12.7. The zero-order valence-electron chi connectivity index (χ0n) is 12.3. The van der Waals surface area contributed by atoms with Crippen molar-refractivity contribution in [1.82, 2.24) is 9.29 Å². The quantitative estimate of drug-likeness (QED) is 0.435. The molecule has 1 aromatic rings. The van der Waals surface area contributed by atoms with Gasteiger partial charge < -0.3 is 5.43 Å². The zero-order chi connectivity index (χ0) is 15.2. The van der Waals surface area contributed by atoms with Gasteiger partial charge in [-0.2, -0.15) is 4.31 Å². The van der Waals surface area contributed by atoms with Gasteiger partial charge in [-0.25, -0.2) is 13.4 Å². The molecule has 20 heavy (non-hydrogen) atoms. The summed E-state index contributed by atoms with van der Waals surface area (Å²) < 4.78 is 26.9. The van der Waals surface area contributed by atoms with Crippen LogP contribution in [0.4, 0.5) is 5.69 Å². The third kappa shape index (κ3) is 3.91. The Bertz CT molecular complexity index is 517. The lowest BCUT2D eigenvalue weighted by atomic mass is 10.2. The fourth-order valence-electron chi connectivity index (χ4n) is 1.99. The maximum atomic E-state index is 12.7. The van der Waals surface area contributed by atoms with Crippen LogP contribution in [-0.2, 0) is 10.0 Å². The van der Waals surface area contributed by atoms with Crippen LogP contribution in [0, 0.1) is 0 Å². The van der Waals surface area contributed by atoms with Crippen molar-refractivity contribution in [3.05, 3.63) is 18.3 Å². The van der Waals surface area contributed by atoms with Gasteiger partial charge in [-0.15, -0.1) is 0 Å². The van der Waals surface area contributed by atoms with E-state index in [0.29, 0.717) is 12.2 Å². The normalized spacial score (nSPS) is 12.1. The monoisotopic (exact) mass is 300 g/mol. The number of pyridine rings is 1. The lowest BCUT2D eigenvalue weighted by molar-refractivity contribution is 0.344. The summed E-state index contributed by atoms with van der Waals surface area (Å²) in [6.07, 6.45) is 4.35. The summed E-state index contributed by atoms with van der Waals surface area (Å²) in [5.41, 5.74) is 2.71. The second-order valence-corrected chi connectivity index (χ2v) is 6.72. The first-order chi connectivity index (χ1) is 9.45. The summed E-state index contributed by atoms with van der Waals surface area (Å²) >= 11 is 0. The van der Waals surface area contributed by atoms with E-state index in [1.165, 1.54) is 10.5 Å². The Labute approximate surface area is 121 Å². The number of hydrogen-bond acceptors (Lipinski definition) is 5. The molecule has 0 aliphatic carbocycles. The lowest BCUT2D eigenvalue weighted by Gasteiger charge is -2.26. The van der Waals surface area contributed by atoms with E-state index in [0.717, 1.165) is 19.3 Å². The van der Waals surface area contributed by atoms with Crippen LogP contribution in [0.5, 0.6) is 0 Å². The van der Waals surface area contributed by atoms with Gasteiger partial charge >= 0.3 is 0 Å². The number of nitrogens with two attached hydrogens (primary N) is 1. The molecule has 1 heterocycles. The van der Waals surface area contributed by atoms with Crippen molar-refractivity contribution in [3.8, 4) is 0 Å². The maximum Gasteiger partial charge on any atom is 0.262 e. The Balaban J connectivity index is 3.09. The van der Waals surface area contributed by atoms with Gasteiger partial charge in [-0.1, -0.05) is 19.8 Å². The van der Waals surface area contributed by atoms with E-state index in [-0.39, 0.29) is 11.1 Å². The highest BCUT2D eigenvalue weighted by Gasteiger charge is 2.29. The molecule has 3 N–H and O–H groups in total. The molecule has 0 spiro atoms. The van der Waals surface area contributed by atoms with Crippen LogP contribution in [0.3, 0.4) is 0 Å². The molecule has 0 radical (unpaired) electrons. The van der Waals surface area contributed by atoms with Crippen LogP contribution in [-0.4, -0.2) is 30.3 Å². The molecule has 0 bridgehead atoms. The van der Waals surface area contributed by atoms with Crippen LogP contribution in [0.25, 0.3) is 0 Å². The molecule has 0 unspecified atom stereocenters. The van der Waals surface area contributed by atoms with Crippen LogP contribution >= 0.6 is 0 Å². The van der Waals surface area contributed by atoms with E-state index in [9.17, 15) is 8.42 Å². The largest absolute Gasteiger partial charge is 0.321 e. The summed E-state index contributed by atoms with van der Waals surface area (Å²) in [4.78, 5) is 3.98. The molecule has 0 fully saturated rings. The molecule has 0 saturated heterocycles. The molecule has 0 aliphatic rings. The Morgan fingerprint density at radius 2 is 2.10 bits per heavy atom. The van der Waals surface area contributed by atoms with Crippen molar-refractivity contribution in [2.75, 3.05) is 12.0 Å². The number of nitrogens with one attached hydrogen (secondary N) is 1. The van der Waals surface area contributed by atoms with Gasteiger partial charge in [0.15, 0.2) is 5.03 Å². The fourth-order valence-corrected chi connectivity index (χ4v) is 3.74. The van der Waals surface area contributed by atoms with Crippen molar-refractivity contribution in [2.45, 2.75) is 51.1 Å². The van der Waals surface area contributed by atoms with Crippen LogP contribution in [0.1, 0.15) is 40.0 Å². The van der Waals surface area contributed by atoms with Crippen LogP contribution in [0.15, 0.2) is 23.4 Å². The number of rotatable bonds is 8. The van der Waals surface area contributed by atoms with E-state index in [1.54, 1.807) is 12.1 Å². The fraction of sp³-hybridized carbons (Fsp3) is 0.615. The van der Waals surface area contributed by atoms with E-state index in [1.807, 2.05) is 13.8 Å². The van der Waals surface area contributed by atoms with Gasteiger partial charge in [0.1, 0.15) is 0 Å². The highest BCUT2D eigenvalue weighted by Crippen LogP contribution is 2.23. The summed E-state index contributed by atoms with van der Waals surface area (Å²) in [7, 11) is -3.64. The molecular formula is C13H24N4O2S. The highest BCUT2D eigenvalue weighted by molar-refractivity contribution is 7.89. The third-order valence-electron chi connectivity index (χ3n) is 3.04. The average Bonchev–Trinajstić information content (AvgIpc) is 2.42. The third-order valence-corrected chi connectivity index (χ3v) is 5.07. The van der Waals surface area contributed by atoms with Crippen molar-refractivity contribution in [3.63, 3.8) is 0 Å². The summed E-state index contributed by atoms with van der Waals surface area (Å²) in [5, 5.41) is -0.0206. The Morgan fingerprint density at radius 3 is 2.65 bits per heavy atom. The number of hydrogen-bond donors (Lipinski definition) is 2. The highest BCUT2D eigenvalue weighted by atomic mass is 32.2. The minimum Gasteiger partial charge on any atom is -0.321 e. The molecule has 0 aliphatic heterocycles. The number of hydrazine groups is 1. The first-order valence-electron chi connectivity index (χ1n) is 6.88. The molecule has 1 rings (SSSR count). The van der Waals surface area contributed by atoms with Gasteiger partial charge in [0.05, 0.1) is 5.69 Å². The molecule has 114 valence electrons. The molecule has 0 aromatic carbocycles. The second-order valence-electron chi connectivity index (χ2n) is 4.92. The number of nitrogens with zero attached hydrogens (tertiary/aromatic N) is 2.